The monoisotopic (exact) mass is 367 g/mol. The van der Waals surface area contributed by atoms with Gasteiger partial charge in [-0.05, 0) is 30.2 Å². The molecular formula is C21H25N3O3. The molecule has 1 heterocycles. The number of carbonyl (C=O) groups excluding carboxylic acids is 2. The second-order valence-electron chi connectivity index (χ2n) is 6.73. The van der Waals surface area contributed by atoms with Crippen LogP contribution in [0.3, 0.4) is 0 Å². The van der Waals surface area contributed by atoms with Crippen LogP contribution in [-0.2, 0) is 11.3 Å². The minimum Gasteiger partial charge on any atom is -0.483 e. The van der Waals surface area contributed by atoms with Crippen molar-refractivity contribution in [1.29, 1.82) is 0 Å². The molecule has 1 aliphatic heterocycles. The smallest absolute Gasteiger partial charge is 0.260 e. The topological polar surface area (TPSA) is 75.9 Å². The van der Waals surface area contributed by atoms with E-state index in [1.54, 1.807) is 29.2 Å². The highest BCUT2D eigenvalue weighted by Crippen LogP contribution is 2.17. The number of benzene rings is 2. The Morgan fingerprint density at radius 2 is 1.67 bits per heavy atom. The Balaban J connectivity index is 1.49. The summed E-state index contributed by atoms with van der Waals surface area (Å²) >= 11 is 0. The quantitative estimate of drug-likeness (QED) is 0.845. The molecule has 0 aromatic heterocycles. The number of aryl methyl sites for hydroxylation is 1. The number of amides is 2. The molecule has 0 bridgehead atoms. The van der Waals surface area contributed by atoms with Gasteiger partial charge in [-0.1, -0.05) is 36.4 Å². The van der Waals surface area contributed by atoms with Crippen molar-refractivity contribution in [2.45, 2.75) is 13.5 Å². The Morgan fingerprint density at radius 3 is 2.37 bits per heavy atom. The molecule has 6 heteroatoms. The molecule has 0 atom stereocenters. The molecule has 142 valence electrons. The molecule has 1 fully saturated rings. The summed E-state index contributed by atoms with van der Waals surface area (Å²) in [6, 6.07) is 15.1. The van der Waals surface area contributed by atoms with Crippen LogP contribution in [0.1, 0.15) is 21.5 Å². The van der Waals surface area contributed by atoms with Crippen molar-refractivity contribution < 1.29 is 14.3 Å². The fraction of sp³-hybridized carbons (Fsp3) is 0.333. The van der Waals surface area contributed by atoms with E-state index in [4.69, 9.17) is 10.5 Å². The molecule has 2 aromatic carbocycles. The Morgan fingerprint density at radius 1 is 1.00 bits per heavy atom. The van der Waals surface area contributed by atoms with Gasteiger partial charge in [-0.15, -0.1) is 0 Å². The van der Waals surface area contributed by atoms with Gasteiger partial charge in [0.15, 0.2) is 6.61 Å². The molecule has 2 N–H and O–H groups in total. The van der Waals surface area contributed by atoms with Crippen molar-refractivity contribution in [3.63, 3.8) is 0 Å². The summed E-state index contributed by atoms with van der Waals surface area (Å²) in [6.45, 7) is 5.93. The maximum absolute atomic E-state index is 12.4. The first-order valence-electron chi connectivity index (χ1n) is 9.11. The van der Waals surface area contributed by atoms with E-state index < -0.39 is 5.91 Å². The van der Waals surface area contributed by atoms with E-state index in [0.29, 0.717) is 18.8 Å². The lowest BCUT2D eigenvalue weighted by Crippen LogP contribution is -2.49. The van der Waals surface area contributed by atoms with Gasteiger partial charge in [-0.3, -0.25) is 14.5 Å². The third-order valence-electron chi connectivity index (χ3n) is 4.88. The number of hydrogen-bond donors (Lipinski definition) is 1. The van der Waals surface area contributed by atoms with E-state index in [1.807, 2.05) is 6.07 Å². The Bertz CT molecular complexity index is 814. The van der Waals surface area contributed by atoms with Gasteiger partial charge in [0.05, 0.1) is 5.56 Å². The largest absolute Gasteiger partial charge is 0.483 e. The first-order valence-corrected chi connectivity index (χ1v) is 9.11. The van der Waals surface area contributed by atoms with Crippen molar-refractivity contribution in [3.8, 4) is 5.75 Å². The number of primary amides is 1. The predicted molar refractivity (Wildman–Crippen MR) is 103 cm³/mol. The molecule has 0 spiro atoms. The van der Waals surface area contributed by atoms with Gasteiger partial charge in [0, 0.05) is 32.7 Å². The molecule has 6 nitrogen and oxygen atoms in total. The van der Waals surface area contributed by atoms with Crippen LogP contribution in [0.15, 0.2) is 48.5 Å². The zero-order valence-electron chi connectivity index (χ0n) is 15.6. The lowest BCUT2D eigenvalue weighted by atomic mass is 10.1. The van der Waals surface area contributed by atoms with Crippen molar-refractivity contribution in [2.24, 2.45) is 5.73 Å². The maximum atomic E-state index is 12.4. The van der Waals surface area contributed by atoms with E-state index in [2.05, 4.69) is 30.0 Å². The maximum Gasteiger partial charge on any atom is 0.260 e. The predicted octanol–water partition coefficient (Wildman–Crippen LogP) is 1.82. The van der Waals surface area contributed by atoms with Gasteiger partial charge in [-0.25, -0.2) is 0 Å². The van der Waals surface area contributed by atoms with Crippen LogP contribution >= 0.6 is 0 Å². The van der Waals surface area contributed by atoms with Gasteiger partial charge in [0.1, 0.15) is 5.75 Å². The van der Waals surface area contributed by atoms with Crippen molar-refractivity contribution in [2.75, 3.05) is 32.8 Å². The van der Waals surface area contributed by atoms with E-state index in [1.165, 1.54) is 11.1 Å². The fourth-order valence-corrected chi connectivity index (χ4v) is 3.21. The van der Waals surface area contributed by atoms with Gasteiger partial charge < -0.3 is 15.4 Å². The van der Waals surface area contributed by atoms with Gasteiger partial charge in [-0.2, -0.15) is 0 Å². The van der Waals surface area contributed by atoms with E-state index >= 15 is 0 Å². The van der Waals surface area contributed by atoms with Gasteiger partial charge in [0.2, 0.25) is 0 Å². The average Bonchev–Trinajstić information content (AvgIpc) is 2.68. The number of ether oxygens (including phenoxy) is 1. The zero-order chi connectivity index (χ0) is 19.2. The zero-order valence-corrected chi connectivity index (χ0v) is 15.6. The average molecular weight is 367 g/mol. The minimum absolute atomic E-state index is 0.0789. The third kappa shape index (κ3) is 4.86. The molecule has 2 aromatic rings. The van der Waals surface area contributed by atoms with Crippen molar-refractivity contribution in [3.05, 3.63) is 65.2 Å². The van der Waals surface area contributed by atoms with E-state index in [9.17, 15) is 9.59 Å². The molecular weight excluding hydrogens is 342 g/mol. The Kier molecular flexibility index (Phi) is 6.08. The molecule has 0 radical (unpaired) electrons. The molecule has 0 unspecified atom stereocenters. The van der Waals surface area contributed by atoms with Crippen LogP contribution in [0, 0.1) is 6.92 Å². The Hall–Kier alpha value is -2.86. The molecule has 3 rings (SSSR count). The highest BCUT2D eigenvalue weighted by atomic mass is 16.5. The highest BCUT2D eigenvalue weighted by molar-refractivity contribution is 5.95. The molecule has 1 saturated heterocycles. The van der Waals surface area contributed by atoms with Gasteiger partial charge in [0.25, 0.3) is 11.8 Å². The van der Waals surface area contributed by atoms with E-state index in [-0.39, 0.29) is 18.1 Å². The summed E-state index contributed by atoms with van der Waals surface area (Å²) in [6.07, 6.45) is 0. The summed E-state index contributed by atoms with van der Waals surface area (Å²) < 4.78 is 5.55. The lowest BCUT2D eigenvalue weighted by Gasteiger charge is -2.35. The lowest BCUT2D eigenvalue weighted by molar-refractivity contribution is -0.135. The number of para-hydroxylation sites is 1. The van der Waals surface area contributed by atoms with Gasteiger partial charge >= 0.3 is 0 Å². The number of piperazine rings is 1. The Labute approximate surface area is 159 Å². The van der Waals surface area contributed by atoms with Crippen LogP contribution in [-0.4, -0.2) is 54.4 Å². The van der Waals surface area contributed by atoms with E-state index in [0.717, 1.165) is 19.6 Å². The summed E-state index contributed by atoms with van der Waals surface area (Å²) in [7, 11) is 0. The second-order valence-corrected chi connectivity index (χ2v) is 6.73. The van der Waals surface area contributed by atoms with Crippen LogP contribution in [0.2, 0.25) is 0 Å². The first-order chi connectivity index (χ1) is 13.0. The SMILES string of the molecule is Cc1ccccc1CN1CCN(C(=O)COc2ccccc2C(N)=O)CC1. The summed E-state index contributed by atoms with van der Waals surface area (Å²) in [4.78, 5) is 28.0. The normalized spacial score (nSPS) is 14.8. The summed E-state index contributed by atoms with van der Waals surface area (Å²) in [5, 5.41) is 0. The standard InChI is InChI=1S/C21H25N3O3/c1-16-6-2-3-7-17(16)14-23-10-12-24(13-11-23)20(25)15-27-19-9-5-4-8-18(19)21(22)26/h2-9H,10-15H2,1H3,(H2,22,26). The molecule has 0 aliphatic carbocycles. The number of carbonyl (C=O) groups is 2. The van der Waals surface area contributed by atoms with Crippen molar-refractivity contribution >= 4 is 11.8 Å². The summed E-state index contributed by atoms with van der Waals surface area (Å²) in [5.74, 6) is -0.302. The van der Waals surface area contributed by atoms with Crippen LogP contribution in [0.5, 0.6) is 5.75 Å². The minimum atomic E-state index is -0.567. The first kappa shape index (κ1) is 18.9. The molecule has 0 saturated carbocycles. The number of hydrogen-bond acceptors (Lipinski definition) is 4. The summed E-state index contributed by atoms with van der Waals surface area (Å²) in [5.41, 5.74) is 8.23. The fourth-order valence-electron chi connectivity index (χ4n) is 3.21. The van der Waals surface area contributed by atoms with Crippen LogP contribution in [0.25, 0.3) is 0 Å². The third-order valence-corrected chi connectivity index (χ3v) is 4.88. The molecule has 1 aliphatic rings. The number of nitrogens with two attached hydrogens (primary N) is 1. The molecule has 27 heavy (non-hydrogen) atoms. The molecule has 2 amide bonds. The van der Waals surface area contributed by atoms with Crippen LogP contribution in [0.4, 0.5) is 0 Å². The highest BCUT2D eigenvalue weighted by Gasteiger charge is 2.22. The van der Waals surface area contributed by atoms with Crippen LogP contribution < -0.4 is 10.5 Å². The van der Waals surface area contributed by atoms with Crippen molar-refractivity contribution in [1.82, 2.24) is 9.80 Å². The number of rotatable bonds is 6. The second kappa shape index (κ2) is 8.68. The number of nitrogens with zero attached hydrogens (tertiary/aromatic N) is 2.